The number of carbonyl (C=O) groups excluding carboxylic acids is 2. The van der Waals surface area contributed by atoms with E-state index in [1.165, 1.54) is 35.4 Å². The van der Waals surface area contributed by atoms with Gasteiger partial charge in [-0.05, 0) is 55.5 Å². The Labute approximate surface area is 196 Å². The Kier molecular flexibility index (Phi) is 6.18. The lowest BCUT2D eigenvalue weighted by Crippen LogP contribution is -2.29. The molecule has 9 nitrogen and oxygen atoms in total. The zero-order valence-corrected chi connectivity index (χ0v) is 18.9. The van der Waals surface area contributed by atoms with Crippen LogP contribution in [-0.4, -0.2) is 36.8 Å². The van der Waals surface area contributed by atoms with Crippen molar-refractivity contribution >= 4 is 33.2 Å². The lowest BCUT2D eigenvalue weighted by atomic mass is 9.98. The molecule has 0 spiro atoms. The summed E-state index contributed by atoms with van der Waals surface area (Å²) in [5.41, 5.74) is 0.745. The van der Waals surface area contributed by atoms with Gasteiger partial charge in [-0.2, -0.15) is 0 Å². The standard InChI is InChI=1S/C24H21N3O6S/c1-2-33-17-7-5-6-15(14-17)22(28)20-21(19-8-3-4-13-26-19)27(24(30)23(20)29)16-9-11-18(12-10-16)34(25,31)32/h3-14,21,28H,2H2,1H3,(H2,25,31,32)/b22-20+. The van der Waals surface area contributed by atoms with E-state index in [9.17, 15) is 23.1 Å². The number of rotatable bonds is 6. The van der Waals surface area contributed by atoms with E-state index in [1.807, 2.05) is 6.92 Å². The molecule has 174 valence electrons. The molecule has 0 radical (unpaired) electrons. The first-order valence-corrected chi connectivity index (χ1v) is 11.8. The molecule has 4 rings (SSSR count). The van der Waals surface area contributed by atoms with Crippen LogP contribution in [0.15, 0.2) is 83.4 Å². The highest BCUT2D eigenvalue weighted by atomic mass is 32.2. The summed E-state index contributed by atoms with van der Waals surface area (Å²) in [7, 11) is -3.95. The van der Waals surface area contributed by atoms with Crippen molar-refractivity contribution in [2.75, 3.05) is 11.5 Å². The van der Waals surface area contributed by atoms with E-state index in [-0.39, 0.29) is 21.9 Å². The first-order valence-electron chi connectivity index (χ1n) is 10.3. The van der Waals surface area contributed by atoms with Gasteiger partial charge < -0.3 is 9.84 Å². The normalized spacial score (nSPS) is 17.7. The third kappa shape index (κ3) is 4.28. The molecule has 0 saturated carbocycles. The van der Waals surface area contributed by atoms with E-state index in [1.54, 1.807) is 42.5 Å². The molecule has 3 N–H and O–H groups in total. The van der Waals surface area contributed by atoms with Crippen LogP contribution in [-0.2, 0) is 19.6 Å². The predicted molar refractivity (Wildman–Crippen MR) is 124 cm³/mol. The minimum absolute atomic E-state index is 0.144. The number of aliphatic hydroxyl groups is 1. The Balaban J connectivity index is 1.89. The molecule has 0 bridgehead atoms. The average molecular weight is 480 g/mol. The van der Waals surface area contributed by atoms with Gasteiger partial charge in [-0.15, -0.1) is 0 Å². The van der Waals surface area contributed by atoms with Crippen LogP contribution < -0.4 is 14.8 Å². The number of nitrogens with zero attached hydrogens (tertiary/aromatic N) is 2. The van der Waals surface area contributed by atoms with Crippen molar-refractivity contribution in [2.45, 2.75) is 17.9 Å². The molecule has 1 aliphatic rings. The van der Waals surface area contributed by atoms with Gasteiger partial charge in [-0.1, -0.05) is 18.2 Å². The fourth-order valence-electron chi connectivity index (χ4n) is 3.77. The smallest absolute Gasteiger partial charge is 0.300 e. The maximum Gasteiger partial charge on any atom is 0.300 e. The van der Waals surface area contributed by atoms with E-state index in [4.69, 9.17) is 9.88 Å². The van der Waals surface area contributed by atoms with Crippen molar-refractivity contribution in [1.29, 1.82) is 0 Å². The Bertz CT molecular complexity index is 1390. The molecule has 1 amide bonds. The maximum absolute atomic E-state index is 13.1. The van der Waals surface area contributed by atoms with Crippen LogP contribution in [0.3, 0.4) is 0 Å². The molecule has 10 heteroatoms. The molecule has 1 aromatic heterocycles. The van der Waals surface area contributed by atoms with Crippen LogP contribution >= 0.6 is 0 Å². The number of pyridine rings is 1. The average Bonchev–Trinajstić information content (AvgIpc) is 3.09. The van der Waals surface area contributed by atoms with Gasteiger partial charge in [-0.25, -0.2) is 13.6 Å². The van der Waals surface area contributed by atoms with Gasteiger partial charge in [0.05, 0.1) is 22.8 Å². The van der Waals surface area contributed by atoms with Crippen LogP contribution in [0, 0.1) is 0 Å². The molecule has 2 heterocycles. The molecule has 1 atom stereocenters. The highest BCUT2D eigenvalue weighted by Crippen LogP contribution is 2.41. The van der Waals surface area contributed by atoms with Gasteiger partial charge in [0.15, 0.2) is 0 Å². The van der Waals surface area contributed by atoms with Gasteiger partial charge >= 0.3 is 0 Å². The third-order valence-electron chi connectivity index (χ3n) is 5.27. The summed E-state index contributed by atoms with van der Waals surface area (Å²) in [6.45, 7) is 2.23. The lowest BCUT2D eigenvalue weighted by Gasteiger charge is -2.24. The van der Waals surface area contributed by atoms with Gasteiger partial charge in [0.2, 0.25) is 10.0 Å². The molecule has 0 aliphatic carbocycles. The number of Topliss-reactive ketones (excluding diaryl/α,β-unsaturated/α-hetero) is 1. The number of hydrogen-bond donors (Lipinski definition) is 2. The second-order valence-corrected chi connectivity index (χ2v) is 8.98. The monoisotopic (exact) mass is 479 g/mol. The summed E-state index contributed by atoms with van der Waals surface area (Å²) >= 11 is 0. The van der Waals surface area contributed by atoms with E-state index < -0.39 is 27.8 Å². The molecule has 1 unspecified atom stereocenters. The summed E-state index contributed by atoms with van der Waals surface area (Å²) in [6.07, 6.45) is 1.51. The minimum Gasteiger partial charge on any atom is -0.507 e. The second kappa shape index (κ2) is 9.08. The fraction of sp³-hybridized carbons (Fsp3) is 0.125. The molecule has 34 heavy (non-hydrogen) atoms. The summed E-state index contributed by atoms with van der Waals surface area (Å²) in [5, 5.41) is 16.3. The lowest BCUT2D eigenvalue weighted by molar-refractivity contribution is -0.132. The molecule has 1 aliphatic heterocycles. The van der Waals surface area contributed by atoms with Crippen molar-refractivity contribution in [3.63, 3.8) is 0 Å². The topological polar surface area (TPSA) is 140 Å². The van der Waals surface area contributed by atoms with E-state index in [2.05, 4.69) is 4.98 Å². The third-order valence-corrected chi connectivity index (χ3v) is 6.20. The molecular formula is C24H21N3O6S. The number of anilines is 1. The zero-order valence-electron chi connectivity index (χ0n) is 18.1. The Morgan fingerprint density at radius 1 is 1.09 bits per heavy atom. The number of nitrogens with two attached hydrogens (primary N) is 1. The molecule has 3 aromatic rings. The van der Waals surface area contributed by atoms with Crippen LogP contribution in [0.4, 0.5) is 5.69 Å². The predicted octanol–water partition coefficient (Wildman–Crippen LogP) is 2.75. The number of carbonyl (C=O) groups is 2. The highest BCUT2D eigenvalue weighted by Gasteiger charge is 2.47. The first kappa shape index (κ1) is 23.1. The van der Waals surface area contributed by atoms with Gasteiger partial charge in [0.25, 0.3) is 11.7 Å². The Morgan fingerprint density at radius 3 is 2.44 bits per heavy atom. The number of ether oxygens (including phenoxy) is 1. The number of primary sulfonamides is 1. The van der Waals surface area contributed by atoms with Crippen LogP contribution in [0.5, 0.6) is 5.75 Å². The molecular weight excluding hydrogens is 458 g/mol. The maximum atomic E-state index is 13.1. The Morgan fingerprint density at radius 2 is 1.82 bits per heavy atom. The number of hydrogen-bond acceptors (Lipinski definition) is 7. The van der Waals surface area contributed by atoms with Crippen LogP contribution in [0.2, 0.25) is 0 Å². The number of sulfonamides is 1. The number of amides is 1. The number of benzene rings is 2. The zero-order chi connectivity index (χ0) is 24.5. The number of aliphatic hydroxyl groups excluding tert-OH is 1. The molecule has 2 aromatic carbocycles. The highest BCUT2D eigenvalue weighted by molar-refractivity contribution is 7.89. The summed E-state index contributed by atoms with van der Waals surface area (Å²) in [4.78, 5) is 31.6. The van der Waals surface area contributed by atoms with Gasteiger partial charge in [0, 0.05) is 17.4 Å². The van der Waals surface area contributed by atoms with Crippen LogP contribution in [0.1, 0.15) is 24.2 Å². The van der Waals surface area contributed by atoms with E-state index >= 15 is 0 Å². The first-order chi connectivity index (χ1) is 16.2. The van der Waals surface area contributed by atoms with E-state index in [0.717, 1.165) is 0 Å². The largest absolute Gasteiger partial charge is 0.507 e. The van der Waals surface area contributed by atoms with Gasteiger partial charge in [0.1, 0.15) is 17.6 Å². The summed E-state index contributed by atoms with van der Waals surface area (Å²) in [5.74, 6) is -1.67. The van der Waals surface area contributed by atoms with Crippen molar-refractivity contribution in [2.24, 2.45) is 5.14 Å². The number of aromatic nitrogens is 1. The molecule has 1 saturated heterocycles. The number of ketones is 1. The van der Waals surface area contributed by atoms with Crippen molar-refractivity contribution in [1.82, 2.24) is 4.98 Å². The second-order valence-electron chi connectivity index (χ2n) is 7.42. The SMILES string of the molecule is CCOc1cccc(/C(O)=C2\C(=O)C(=O)N(c3ccc(S(N)(=O)=O)cc3)C2c2ccccn2)c1. The Hall–Kier alpha value is -4.02. The van der Waals surface area contributed by atoms with Crippen molar-refractivity contribution in [3.05, 3.63) is 89.8 Å². The summed E-state index contributed by atoms with van der Waals surface area (Å²) < 4.78 is 28.7. The fourth-order valence-corrected chi connectivity index (χ4v) is 4.28. The minimum atomic E-state index is -3.95. The molecule has 1 fully saturated rings. The van der Waals surface area contributed by atoms with Gasteiger partial charge in [-0.3, -0.25) is 19.5 Å². The van der Waals surface area contributed by atoms with Crippen molar-refractivity contribution < 1.29 is 27.9 Å². The van der Waals surface area contributed by atoms with E-state index in [0.29, 0.717) is 23.6 Å². The quantitative estimate of drug-likeness (QED) is 0.315. The van der Waals surface area contributed by atoms with Crippen molar-refractivity contribution in [3.8, 4) is 5.75 Å². The van der Waals surface area contributed by atoms with Crippen LogP contribution in [0.25, 0.3) is 5.76 Å². The summed E-state index contributed by atoms with van der Waals surface area (Å²) in [6, 6.07) is 15.7.